The van der Waals surface area contributed by atoms with E-state index in [1.54, 1.807) is 14.0 Å². The molecular weight excluding hydrogens is 238 g/mol. The molecule has 2 amide bonds. The van der Waals surface area contributed by atoms with E-state index in [0.29, 0.717) is 23.4 Å². The molecule has 0 aliphatic heterocycles. The van der Waals surface area contributed by atoms with Gasteiger partial charge >= 0.3 is 0 Å². The maximum Gasteiger partial charge on any atom is 0.237 e. The van der Waals surface area contributed by atoms with Gasteiger partial charge in [0.2, 0.25) is 11.8 Å². The molecule has 0 fully saturated rings. The molecular formula is C10H15N5O3. The highest BCUT2D eigenvalue weighted by molar-refractivity contribution is 5.90. The summed E-state index contributed by atoms with van der Waals surface area (Å²) in [4.78, 5) is 34.3. The topological polar surface area (TPSA) is 124 Å². The van der Waals surface area contributed by atoms with Crippen molar-refractivity contribution in [3.8, 4) is 0 Å². The molecule has 0 saturated carbocycles. The summed E-state index contributed by atoms with van der Waals surface area (Å²) in [5.41, 5.74) is 11.0. The molecule has 98 valence electrons. The summed E-state index contributed by atoms with van der Waals surface area (Å²) in [7, 11) is 1.60. The summed E-state index contributed by atoms with van der Waals surface area (Å²) in [6.07, 6.45) is 0.618. The number of hydrogen-bond acceptors (Lipinski definition) is 5. The lowest BCUT2D eigenvalue weighted by atomic mass is 10.2. The van der Waals surface area contributed by atoms with Gasteiger partial charge in [-0.25, -0.2) is 0 Å². The Labute approximate surface area is 104 Å². The number of aryl methyl sites for hydroxylation is 2. The first kappa shape index (κ1) is 13.7. The van der Waals surface area contributed by atoms with Gasteiger partial charge in [0.15, 0.2) is 6.29 Å². The number of primary amides is 2. The van der Waals surface area contributed by atoms with Crippen LogP contribution >= 0.6 is 0 Å². The SMILES string of the molecule is Cc1nn(C)c(N(CC(N)=O)CC(N)=O)c1C=O. The fourth-order valence-electron chi connectivity index (χ4n) is 1.76. The van der Waals surface area contributed by atoms with Crippen molar-refractivity contribution in [1.29, 1.82) is 0 Å². The molecule has 0 aliphatic carbocycles. The van der Waals surface area contributed by atoms with Crippen LogP contribution in [0.2, 0.25) is 0 Å². The number of aromatic nitrogens is 2. The molecule has 8 nitrogen and oxygen atoms in total. The average molecular weight is 253 g/mol. The van der Waals surface area contributed by atoms with E-state index in [1.807, 2.05) is 0 Å². The van der Waals surface area contributed by atoms with Crippen LogP contribution in [0.5, 0.6) is 0 Å². The van der Waals surface area contributed by atoms with Crippen LogP contribution in [-0.4, -0.2) is 41.0 Å². The van der Waals surface area contributed by atoms with Crippen LogP contribution in [0.4, 0.5) is 5.82 Å². The van der Waals surface area contributed by atoms with Crippen molar-refractivity contribution in [1.82, 2.24) is 9.78 Å². The molecule has 0 saturated heterocycles. The number of hydrogen-bond donors (Lipinski definition) is 2. The third-order valence-corrected chi connectivity index (χ3v) is 2.35. The number of amides is 2. The van der Waals surface area contributed by atoms with Crippen LogP contribution in [0.25, 0.3) is 0 Å². The summed E-state index contributed by atoms with van der Waals surface area (Å²) in [5, 5.41) is 4.06. The van der Waals surface area contributed by atoms with E-state index in [9.17, 15) is 14.4 Å². The zero-order valence-electron chi connectivity index (χ0n) is 10.2. The molecule has 0 bridgehead atoms. The number of rotatable bonds is 6. The van der Waals surface area contributed by atoms with Gasteiger partial charge in [-0.3, -0.25) is 19.1 Å². The molecule has 8 heteroatoms. The van der Waals surface area contributed by atoms with E-state index in [2.05, 4.69) is 5.10 Å². The molecule has 1 aromatic rings. The van der Waals surface area contributed by atoms with Crippen LogP contribution in [0.3, 0.4) is 0 Å². The highest BCUT2D eigenvalue weighted by Gasteiger charge is 2.21. The first-order chi connectivity index (χ1) is 8.36. The Bertz CT molecular complexity index is 478. The average Bonchev–Trinajstić information content (AvgIpc) is 2.50. The second kappa shape index (κ2) is 5.30. The first-order valence-corrected chi connectivity index (χ1v) is 5.17. The van der Waals surface area contributed by atoms with E-state index in [4.69, 9.17) is 11.5 Å². The molecule has 18 heavy (non-hydrogen) atoms. The fourth-order valence-corrected chi connectivity index (χ4v) is 1.76. The van der Waals surface area contributed by atoms with Gasteiger partial charge < -0.3 is 16.4 Å². The lowest BCUT2D eigenvalue weighted by Crippen LogP contribution is -2.41. The number of carbonyl (C=O) groups is 3. The van der Waals surface area contributed by atoms with Crippen LogP contribution in [-0.2, 0) is 16.6 Å². The van der Waals surface area contributed by atoms with Crippen LogP contribution in [0.1, 0.15) is 16.1 Å². The largest absolute Gasteiger partial charge is 0.368 e. The fraction of sp³-hybridized carbons (Fsp3) is 0.400. The van der Waals surface area contributed by atoms with Crippen molar-refractivity contribution in [2.75, 3.05) is 18.0 Å². The zero-order valence-corrected chi connectivity index (χ0v) is 10.2. The molecule has 0 spiro atoms. The predicted molar refractivity (Wildman–Crippen MR) is 63.9 cm³/mol. The highest BCUT2D eigenvalue weighted by Crippen LogP contribution is 2.20. The smallest absolute Gasteiger partial charge is 0.237 e. The number of carbonyl (C=O) groups excluding carboxylic acids is 3. The molecule has 0 aromatic carbocycles. The van der Waals surface area contributed by atoms with Gasteiger partial charge in [-0.2, -0.15) is 5.10 Å². The Morgan fingerprint density at radius 3 is 2.22 bits per heavy atom. The molecule has 1 heterocycles. The highest BCUT2D eigenvalue weighted by atomic mass is 16.2. The first-order valence-electron chi connectivity index (χ1n) is 5.17. The van der Waals surface area contributed by atoms with Gasteiger partial charge in [0.05, 0.1) is 24.3 Å². The van der Waals surface area contributed by atoms with Gasteiger partial charge in [-0.05, 0) is 6.92 Å². The predicted octanol–water partition coefficient (Wildman–Crippen LogP) is -1.68. The molecule has 0 aliphatic rings. The van der Waals surface area contributed by atoms with Gasteiger partial charge in [0.25, 0.3) is 0 Å². The molecule has 1 aromatic heterocycles. The quantitative estimate of drug-likeness (QED) is 0.586. The van der Waals surface area contributed by atoms with Crippen molar-refractivity contribution in [2.45, 2.75) is 6.92 Å². The molecule has 0 radical (unpaired) electrons. The second-order valence-corrected chi connectivity index (χ2v) is 3.85. The summed E-state index contributed by atoms with van der Waals surface area (Å²) in [5.74, 6) is -0.918. The second-order valence-electron chi connectivity index (χ2n) is 3.85. The van der Waals surface area contributed by atoms with Crippen molar-refractivity contribution < 1.29 is 14.4 Å². The Hall–Kier alpha value is -2.38. The van der Waals surface area contributed by atoms with Gasteiger partial charge in [-0.15, -0.1) is 0 Å². The Morgan fingerprint density at radius 1 is 1.33 bits per heavy atom. The molecule has 0 atom stereocenters. The summed E-state index contributed by atoms with van der Waals surface area (Å²) in [6.45, 7) is 1.21. The Morgan fingerprint density at radius 2 is 1.83 bits per heavy atom. The maximum atomic E-state index is 11.0. The van der Waals surface area contributed by atoms with Crippen molar-refractivity contribution in [3.63, 3.8) is 0 Å². The summed E-state index contributed by atoms with van der Waals surface area (Å²) in [6, 6.07) is 0. The number of nitrogens with zero attached hydrogens (tertiary/aromatic N) is 3. The number of aldehydes is 1. The lowest BCUT2D eigenvalue weighted by molar-refractivity contribution is -0.117. The van der Waals surface area contributed by atoms with E-state index in [0.717, 1.165) is 0 Å². The molecule has 1 rings (SSSR count). The molecule has 4 N–H and O–H groups in total. The van der Waals surface area contributed by atoms with Crippen molar-refractivity contribution in [2.24, 2.45) is 18.5 Å². The minimum atomic E-state index is -0.632. The lowest BCUT2D eigenvalue weighted by Gasteiger charge is -2.21. The van der Waals surface area contributed by atoms with Crippen LogP contribution in [0.15, 0.2) is 0 Å². The monoisotopic (exact) mass is 253 g/mol. The third-order valence-electron chi connectivity index (χ3n) is 2.35. The summed E-state index contributed by atoms with van der Waals surface area (Å²) < 4.78 is 1.41. The van der Waals surface area contributed by atoms with E-state index >= 15 is 0 Å². The third kappa shape index (κ3) is 2.84. The van der Waals surface area contributed by atoms with E-state index in [1.165, 1.54) is 9.58 Å². The van der Waals surface area contributed by atoms with E-state index in [-0.39, 0.29) is 13.1 Å². The van der Waals surface area contributed by atoms with Crippen molar-refractivity contribution >= 4 is 23.9 Å². The van der Waals surface area contributed by atoms with Crippen LogP contribution < -0.4 is 16.4 Å². The minimum Gasteiger partial charge on any atom is -0.368 e. The zero-order chi connectivity index (χ0) is 13.9. The molecule has 0 unspecified atom stereocenters. The number of anilines is 1. The van der Waals surface area contributed by atoms with E-state index < -0.39 is 11.8 Å². The Kier molecular flexibility index (Phi) is 4.03. The van der Waals surface area contributed by atoms with Gasteiger partial charge in [0, 0.05) is 7.05 Å². The minimum absolute atomic E-state index is 0.219. The van der Waals surface area contributed by atoms with Gasteiger partial charge in [-0.1, -0.05) is 0 Å². The van der Waals surface area contributed by atoms with Gasteiger partial charge in [0.1, 0.15) is 5.82 Å². The number of nitrogens with two attached hydrogens (primary N) is 2. The summed E-state index contributed by atoms with van der Waals surface area (Å²) >= 11 is 0. The van der Waals surface area contributed by atoms with Crippen LogP contribution in [0, 0.1) is 6.92 Å². The normalized spacial score (nSPS) is 10.1. The Balaban J connectivity index is 3.22. The van der Waals surface area contributed by atoms with Crippen molar-refractivity contribution in [3.05, 3.63) is 11.3 Å². The standard InChI is InChI=1S/C10H15N5O3/c1-6-7(5-16)10(14(2)13-6)15(3-8(11)17)4-9(12)18/h5H,3-4H2,1-2H3,(H2,11,17)(H2,12,18). The maximum absolute atomic E-state index is 11.0.